The Bertz CT molecular complexity index is 672. The SMILES string of the molecule is CCc1c(-c2ccccc2)ccc2c1C(=O)OC2=O. The van der Waals surface area contributed by atoms with Crippen LogP contribution in [0, 0.1) is 0 Å². The minimum Gasteiger partial charge on any atom is -0.386 e. The molecule has 1 aliphatic rings. The number of hydrogen-bond donors (Lipinski definition) is 0. The van der Waals surface area contributed by atoms with Crippen LogP contribution in [0.5, 0.6) is 0 Å². The maximum atomic E-state index is 11.8. The van der Waals surface area contributed by atoms with Gasteiger partial charge in [0.25, 0.3) is 0 Å². The third-order valence-electron chi connectivity index (χ3n) is 3.36. The first-order valence-corrected chi connectivity index (χ1v) is 6.20. The molecule has 0 bridgehead atoms. The third kappa shape index (κ3) is 1.74. The van der Waals surface area contributed by atoms with Crippen LogP contribution in [-0.4, -0.2) is 11.9 Å². The minimum absolute atomic E-state index is 0.376. The monoisotopic (exact) mass is 252 g/mol. The highest BCUT2D eigenvalue weighted by atomic mass is 16.6. The number of cyclic esters (lactones) is 2. The number of ether oxygens (including phenoxy) is 1. The Morgan fingerprint density at radius 1 is 0.895 bits per heavy atom. The standard InChI is InChI=1S/C16H12O3/c1-2-11-12(10-6-4-3-5-7-10)8-9-13-14(11)16(18)19-15(13)17/h3-9H,2H2,1H3. The van der Waals surface area contributed by atoms with Gasteiger partial charge in [0.1, 0.15) is 0 Å². The summed E-state index contributed by atoms with van der Waals surface area (Å²) in [6.07, 6.45) is 0.676. The smallest absolute Gasteiger partial charge is 0.347 e. The lowest BCUT2D eigenvalue weighted by atomic mass is 9.91. The van der Waals surface area contributed by atoms with Crippen LogP contribution in [0.25, 0.3) is 11.1 Å². The van der Waals surface area contributed by atoms with Crippen LogP contribution in [0.4, 0.5) is 0 Å². The highest BCUT2D eigenvalue weighted by Gasteiger charge is 2.32. The number of esters is 2. The molecule has 0 spiro atoms. The number of fused-ring (bicyclic) bond motifs is 1. The van der Waals surface area contributed by atoms with E-state index < -0.39 is 11.9 Å². The molecule has 1 aliphatic heterocycles. The predicted molar refractivity (Wildman–Crippen MR) is 71.0 cm³/mol. The first-order valence-electron chi connectivity index (χ1n) is 6.20. The van der Waals surface area contributed by atoms with Crippen molar-refractivity contribution >= 4 is 11.9 Å². The summed E-state index contributed by atoms with van der Waals surface area (Å²) in [4.78, 5) is 23.3. The fourth-order valence-corrected chi connectivity index (χ4v) is 2.50. The molecule has 0 unspecified atom stereocenters. The van der Waals surface area contributed by atoms with Crippen molar-refractivity contribution in [1.29, 1.82) is 0 Å². The molecule has 0 fully saturated rings. The number of hydrogen-bond acceptors (Lipinski definition) is 3. The zero-order valence-electron chi connectivity index (χ0n) is 10.5. The Hall–Kier alpha value is -2.42. The largest absolute Gasteiger partial charge is 0.386 e. The Morgan fingerprint density at radius 2 is 1.58 bits per heavy atom. The van der Waals surface area contributed by atoms with Gasteiger partial charge in [-0.15, -0.1) is 0 Å². The summed E-state index contributed by atoms with van der Waals surface area (Å²) in [7, 11) is 0. The molecule has 3 nitrogen and oxygen atoms in total. The van der Waals surface area contributed by atoms with Gasteiger partial charge in [0, 0.05) is 0 Å². The van der Waals surface area contributed by atoms with Crippen LogP contribution in [0.1, 0.15) is 33.2 Å². The second-order valence-electron chi connectivity index (χ2n) is 4.41. The van der Waals surface area contributed by atoms with Crippen molar-refractivity contribution in [3.8, 4) is 11.1 Å². The molecular formula is C16H12O3. The van der Waals surface area contributed by atoms with Crippen LogP contribution in [0.2, 0.25) is 0 Å². The summed E-state index contributed by atoms with van der Waals surface area (Å²) in [6, 6.07) is 13.4. The minimum atomic E-state index is -0.547. The normalized spacial score (nSPS) is 13.3. The van der Waals surface area contributed by atoms with Crippen LogP contribution < -0.4 is 0 Å². The Labute approximate surface area is 110 Å². The van der Waals surface area contributed by atoms with Crippen LogP contribution in [0.3, 0.4) is 0 Å². The van der Waals surface area contributed by atoms with E-state index in [-0.39, 0.29) is 0 Å². The van der Waals surface area contributed by atoms with Crippen molar-refractivity contribution in [3.05, 3.63) is 59.2 Å². The zero-order valence-corrected chi connectivity index (χ0v) is 10.5. The number of carbonyl (C=O) groups excluding carboxylic acids is 2. The quantitative estimate of drug-likeness (QED) is 0.608. The molecule has 0 saturated heterocycles. The fourth-order valence-electron chi connectivity index (χ4n) is 2.50. The van der Waals surface area contributed by atoms with Gasteiger partial charge in [-0.25, -0.2) is 9.59 Å². The van der Waals surface area contributed by atoms with E-state index in [1.54, 1.807) is 6.07 Å². The Kier molecular flexibility index (Phi) is 2.67. The second kappa shape index (κ2) is 4.35. The molecule has 0 N–H and O–H groups in total. The third-order valence-corrected chi connectivity index (χ3v) is 3.36. The maximum absolute atomic E-state index is 11.8. The Morgan fingerprint density at radius 3 is 2.26 bits per heavy atom. The predicted octanol–water partition coefficient (Wildman–Crippen LogP) is 3.23. The van der Waals surface area contributed by atoms with Crippen molar-refractivity contribution in [2.75, 3.05) is 0 Å². The molecule has 3 heteroatoms. The molecule has 0 radical (unpaired) electrons. The van der Waals surface area contributed by atoms with Crippen molar-refractivity contribution < 1.29 is 14.3 Å². The van der Waals surface area contributed by atoms with Crippen molar-refractivity contribution in [1.82, 2.24) is 0 Å². The topological polar surface area (TPSA) is 43.4 Å². The van der Waals surface area contributed by atoms with E-state index in [4.69, 9.17) is 0 Å². The summed E-state index contributed by atoms with van der Waals surface area (Å²) >= 11 is 0. The van der Waals surface area contributed by atoms with E-state index >= 15 is 0 Å². The maximum Gasteiger partial charge on any atom is 0.347 e. The summed E-state index contributed by atoms with van der Waals surface area (Å²) < 4.78 is 4.69. The molecule has 0 aromatic heterocycles. The molecule has 2 aromatic rings. The van der Waals surface area contributed by atoms with Crippen LogP contribution in [-0.2, 0) is 11.2 Å². The molecule has 0 amide bonds. The highest BCUT2D eigenvalue weighted by Crippen LogP contribution is 2.32. The van der Waals surface area contributed by atoms with E-state index in [2.05, 4.69) is 4.74 Å². The zero-order chi connectivity index (χ0) is 13.4. The lowest BCUT2D eigenvalue weighted by Crippen LogP contribution is -2.01. The Balaban J connectivity index is 2.27. The number of carbonyl (C=O) groups is 2. The van der Waals surface area contributed by atoms with E-state index in [1.807, 2.05) is 43.3 Å². The first kappa shape index (κ1) is 11.7. The molecule has 19 heavy (non-hydrogen) atoms. The van der Waals surface area contributed by atoms with Gasteiger partial charge in [0.05, 0.1) is 11.1 Å². The number of benzene rings is 2. The first-order chi connectivity index (χ1) is 9.22. The van der Waals surface area contributed by atoms with Crippen LogP contribution in [0.15, 0.2) is 42.5 Å². The van der Waals surface area contributed by atoms with E-state index in [0.29, 0.717) is 17.5 Å². The lowest BCUT2D eigenvalue weighted by molar-refractivity contribution is 0.0443. The molecule has 1 heterocycles. The van der Waals surface area contributed by atoms with Gasteiger partial charge in [-0.1, -0.05) is 43.3 Å². The van der Waals surface area contributed by atoms with Gasteiger partial charge in [-0.2, -0.15) is 0 Å². The average Bonchev–Trinajstić information content (AvgIpc) is 2.74. The lowest BCUT2D eigenvalue weighted by Gasteiger charge is -2.10. The van der Waals surface area contributed by atoms with Gasteiger partial charge in [-0.3, -0.25) is 0 Å². The van der Waals surface area contributed by atoms with Gasteiger partial charge < -0.3 is 4.74 Å². The molecule has 94 valence electrons. The van der Waals surface area contributed by atoms with Gasteiger partial charge >= 0.3 is 11.9 Å². The summed E-state index contributed by atoms with van der Waals surface area (Å²) in [5.74, 6) is -1.08. The molecular weight excluding hydrogens is 240 g/mol. The highest BCUT2D eigenvalue weighted by molar-refractivity contribution is 6.16. The number of rotatable bonds is 2. The summed E-state index contributed by atoms with van der Waals surface area (Å²) in [5, 5.41) is 0. The van der Waals surface area contributed by atoms with Crippen molar-refractivity contribution in [2.24, 2.45) is 0 Å². The molecule has 2 aromatic carbocycles. The molecule has 3 rings (SSSR count). The van der Waals surface area contributed by atoms with Crippen LogP contribution >= 0.6 is 0 Å². The van der Waals surface area contributed by atoms with E-state index in [0.717, 1.165) is 16.7 Å². The van der Waals surface area contributed by atoms with Gasteiger partial charge in [0.2, 0.25) is 0 Å². The molecule has 0 aliphatic carbocycles. The average molecular weight is 252 g/mol. The molecule has 0 saturated carbocycles. The molecule has 0 atom stereocenters. The second-order valence-corrected chi connectivity index (χ2v) is 4.41. The fraction of sp³-hybridized carbons (Fsp3) is 0.125. The summed E-state index contributed by atoms with van der Waals surface area (Å²) in [6.45, 7) is 1.97. The van der Waals surface area contributed by atoms with Crippen molar-refractivity contribution in [2.45, 2.75) is 13.3 Å². The van der Waals surface area contributed by atoms with Gasteiger partial charge in [-0.05, 0) is 29.2 Å². The van der Waals surface area contributed by atoms with Crippen molar-refractivity contribution in [3.63, 3.8) is 0 Å². The van der Waals surface area contributed by atoms with E-state index in [1.165, 1.54) is 0 Å². The van der Waals surface area contributed by atoms with E-state index in [9.17, 15) is 9.59 Å². The summed E-state index contributed by atoms with van der Waals surface area (Å²) in [5.41, 5.74) is 3.69. The van der Waals surface area contributed by atoms with Gasteiger partial charge in [0.15, 0.2) is 0 Å².